The Morgan fingerprint density at radius 1 is 0.386 bits per heavy atom. The molecule has 0 N–H and O–H groups in total. The number of hydrogen-bond acceptors (Lipinski definition) is 3. The van der Waals surface area contributed by atoms with Gasteiger partial charge in [-0.1, -0.05) is 121 Å². The second-order valence-electron chi connectivity index (χ2n) is 11.1. The first-order chi connectivity index (χ1) is 21.8. The predicted molar refractivity (Wildman–Crippen MR) is 180 cm³/mol. The fourth-order valence-electron chi connectivity index (χ4n) is 6.31. The lowest BCUT2D eigenvalue weighted by atomic mass is 10.0. The molecule has 0 spiro atoms. The lowest BCUT2D eigenvalue weighted by Gasteiger charge is -2.12. The van der Waals surface area contributed by atoms with Crippen molar-refractivity contribution < 1.29 is 4.42 Å². The van der Waals surface area contributed by atoms with E-state index in [2.05, 4.69) is 120 Å². The lowest BCUT2D eigenvalue weighted by Crippen LogP contribution is -2.04. The quantitative estimate of drug-likeness (QED) is 0.214. The molecule has 6 aromatic carbocycles. The lowest BCUT2D eigenvalue weighted by molar-refractivity contribution is 0.669. The van der Waals surface area contributed by atoms with E-state index in [-0.39, 0.29) is 0 Å². The van der Waals surface area contributed by atoms with E-state index in [1.807, 2.05) is 36.4 Å². The smallest absolute Gasteiger partial charge is 0.235 e. The SMILES string of the molecule is c1ccc(-c2ccc(-c3cc(-c4ccccc4)nc(-n4c5ccccc5c5cc6c(cc54)oc4ccccc46)n3)cc2)cc1. The van der Waals surface area contributed by atoms with Crippen LogP contribution in [0.1, 0.15) is 0 Å². The van der Waals surface area contributed by atoms with Crippen LogP contribution in [0.15, 0.2) is 156 Å². The molecule has 206 valence electrons. The van der Waals surface area contributed by atoms with E-state index in [4.69, 9.17) is 14.4 Å². The van der Waals surface area contributed by atoms with Crippen LogP contribution in [0, 0.1) is 0 Å². The van der Waals surface area contributed by atoms with Crippen molar-refractivity contribution in [3.05, 3.63) is 152 Å². The summed E-state index contributed by atoms with van der Waals surface area (Å²) in [6, 6.07) is 52.5. The van der Waals surface area contributed by atoms with Gasteiger partial charge in [-0.15, -0.1) is 0 Å². The molecule has 0 atom stereocenters. The Morgan fingerprint density at radius 2 is 0.955 bits per heavy atom. The molecule has 0 aliphatic rings. The van der Waals surface area contributed by atoms with Crippen molar-refractivity contribution in [2.45, 2.75) is 0 Å². The van der Waals surface area contributed by atoms with Gasteiger partial charge in [0, 0.05) is 38.7 Å². The van der Waals surface area contributed by atoms with E-state index < -0.39 is 0 Å². The summed E-state index contributed by atoms with van der Waals surface area (Å²) in [5.74, 6) is 0.621. The monoisotopic (exact) mass is 563 g/mol. The Morgan fingerprint density at radius 3 is 1.70 bits per heavy atom. The number of rotatable bonds is 4. The van der Waals surface area contributed by atoms with Gasteiger partial charge in [-0.2, -0.15) is 0 Å². The largest absolute Gasteiger partial charge is 0.456 e. The van der Waals surface area contributed by atoms with Gasteiger partial charge in [0.1, 0.15) is 11.2 Å². The third-order valence-corrected chi connectivity index (χ3v) is 8.44. The zero-order valence-corrected chi connectivity index (χ0v) is 23.7. The number of benzene rings is 6. The van der Waals surface area contributed by atoms with Gasteiger partial charge < -0.3 is 4.42 Å². The molecule has 0 saturated carbocycles. The molecule has 0 unspecified atom stereocenters. The Hall–Kier alpha value is -6.00. The van der Waals surface area contributed by atoms with Crippen molar-refractivity contribution in [2.75, 3.05) is 0 Å². The van der Waals surface area contributed by atoms with Gasteiger partial charge in [-0.25, -0.2) is 9.97 Å². The Bertz CT molecular complexity index is 2470. The van der Waals surface area contributed by atoms with Crippen molar-refractivity contribution in [2.24, 2.45) is 0 Å². The van der Waals surface area contributed by atoms with Gasteiger partial charge >= 0.3 is 0 Å². The average molecular weight is 564 g/mol. The van der Waals surface area contributed by atoms with E-state index in [1.54, 1.807) is 0 Å². The first-order valence-electron chi connectivity index (χ1n) is 14.8. The zero-order valence-electron chi connectivity index (χ0n) is 23.7. The second-order valence-corrected chi connectivity index (χ2v) is 11.1. The molecule has 0 aliphatic heterocycles. The Kier molecular flexibility index (Phi) is 5.47. The minimum absolute atomic E-state index is 0.621. The summed E-state index contributed by atoms with van der Waals surface area (Å²) in [5, 5.41) is 4.51. The molecule has 0 saturated heterocycles. The maximum Gasteiger partial charge on any atom is 0.235 e. The molecular formula is C40H25N3O. The Balaban J connectivity index is 1.30. The molecule has 0 amide bonds. The van der Waals surface area contributed by atoms with E-state index in [0.29, 0.717) is 5.95 Å². The topological polar surface area (TPSA) is 43.9 Å². The van der Waals surface area contributed by atoms with Crippen LogP contribution in [0.4, 0.5) is 0 Å². The van der Waals surface area contributed by atoms with Gasteiger partial charge in [0.05, 0.1) is 22.4 Å². The summed E-state index contributed by atoms with van der Waals surface area (Å²) in [6.45, 7) is 0. The number of nitrogens with zero attached hydrogens (tertiary/aromatic N) is 3. The Labute approximate surface area is 253 Å². The highest BCUT2D eigenvalue weighted by Crippen LogP contribution is 2.38. The van der Waals surface area contributed by atoms with Crippen molar-refractivity contribution in [3.8, 4) is 39.6 Å². The molecule has 9 aromatic rings. The van der Waals surface area contributed by atoms with Crippen molar-refractivity contribution in [1.29, 1.82) is 0 Å². The number of aromatic nitrogens is 3. The van der Waals surface area contributed by atoms with Crippen LogP contribution >= 0.6 is 0 Å². The van der Waals surface area contributed by atoms with Gasteiger partial charge in [-0.3, -0.25) is 4.57 Å². The van der Waals surface area contributed by atoms with Crippen LogP contribution in [0.3, 0.4) is 0 Å². The molecule has 3 heterocycles. The zero-order chi connectivity index (χ0) is 29.0. The van der Waals surface area contributed by atoms with Crippen molar-refractivity contribution in [1.82, 2.24) is 14.5 Å². The predicted octanol–water partition coefficient (Wildman–Crippen LogP) is 10.5. The molecule has 0 radical (unpaired) electrons. The summed E-state index contributed by atoms with van der Waals surface area (Å²) in [4.78, 5) is 10.4. The normalized spacial score (nSPS) is 11.6. The molecular weight excluding hydrogens is 538 g/mol. The highest BCUT2D eigenvalue weighted by Gasteiger charge is 2.19. The molecule has 0 aliphatic carbocycles. The van der Waals surface area contributed by atoms with Crippen LogP contribution in [0.5, 0.6) is 0 Å². The van der Waals surface area contributed by atoms with Gasteiger partial charge in [-0.05, 0) is 35.4 Å². The summed E-state index contributed by atoms with van der Waals surface area (Å²) >= 11 is 0. The maximum atomic E-state index is 6.33. The molecule has 4 nitrogen and oxygen atoms in total. The summed E-state index contributed by atoms with van der Waals surface area (Å²) in [5.41, 5.74) is 9.96. The summed E-state index contributed by atoms with van der Waals surface area (Å²) in [6.07, 6.45) is 0. The summed E-state index contributed by atoms with van der Waals surface area (Å²) < 4.78 is 8.50. The molecule has 0 bridgehead atoms. The van der Waals surface area contributed by atoms with Crippen LogP contribution in [-0.4, -0.2) is 14.5 Å². The highest BCUT2D eigenvalue weighted by atomic mass is 16.3. The van der Waals surface area contributed by atoms with E-state index in [0.717, 1.165) is 66.3 Å². The number of para-hydroxylation sites is 2. The molecule has 3 aromatic heterocycles. The number of furan rings is 1. The molecule has 0 fully saturated rings. The van der Waals surface area contributed by atoms with E-state index >= 15 is 0 Å². The third-order valence-electron chi connectivity index (χ3n) is 8.44. The van der Waals surface area contributed by atoms with Crippen LogP contribution in [0.25, 0.3) is 83.3 Å². The maximum absolute atomic E-state index is 6.33. The fraction of sp³-hybridized carbons (Fsp3) is 0. The van der Waals surface area contributed by atoms with Crippen molar-refractivity contribution in [3.63, 3.8) is 0 Å². The van der Waals surface area contributed by atoms with E-state index in [9.17, 15) is 0 Å². The minimum Gasteiger partial charge on any atom is -0.456 e. The number of hydrogen-bond donors (Lipinski definition) is 0. The molecule has 9 rings (SSSR count). The first kappa shape index (κ1) is 24.6. The van der Waals surface area contributed by atoms with Crippen LogP contribution < -0.4 is 0 Å². The number of fused-ring (bicyclic) bond motifs is 6. The second kappa shape index (κ2) is 9.79. The van der Waals surface area contributed by atoms with Gasteiger partial charge in [0.15, 0.2) is 0 Å². The minimum atomic E-state index is 0.621. The average Bonchev–Trinajstić information content (AvgIpc) is 3.62. The first-order valence-corrected chi connectivity index (χ1v) is 14.8. The van der Waals surface area contributed by atoms with Gasteiger partial charge in [0.2, 0.25) is 5.95 Å². The standard InChI is InChI=1S/C40H25N3O/c1-3-11-26(12-4-1)27-19-21-29(22-20-27)35-24-34(28-13-5-2-6-14-28)41-40(42-35)43-36-17-9-7-15-30(36)32-23-33-31-16-8-10-18-38(31)44-39(33)25-37(32)43/h1-25H. The van der Waals surface area contributed by atoms with Gasteiger partial charge in [0.25, 0.3) is 0 Å². The molecule has 44 heavy (non-hydrogen) atoms. The summed E-state index contributed by atoms with van der Waals surface area (Å²) in [7, 11) is 0. The molecule has 4 heteroatoms. The fourth-order valence-corrected chi connectivity index (χ4v) is 6.31. The van der Waals surface area contributed by atoms with Crippen LogP contribution in [-0.2, 0) is 0 Å². The third kappa shape index (κ3) is 3.92. The van der Waals surface area contributed by atoms with E-state index in [1.165, 1.54) is 11.1 Å². The van der Waals surface area contributed by atoms with Crippen LogP contribution in [0.2, 0.25) is 0 Å². The van der Waals surface area contributed by atoms with Crippen molar-refractivity contribution >= 4 is 43.7 Å². The highest BCUT2D eigenvalue weighted by molar-refractivity contribution is 6.17.